The van der Waals surface area contributed by atoms with Crippen LogP contribution >= 0.6 is 0 Å². The maximum Gasteiger partial charge on any atom is 0.0569 e. The summed E-state index contributed by atoms with van der Waals surface area (Å²) in [6.45, 7) is 9.02. The van der Waals surface area contributed by atoms with E-state index < -0.39 is 0 Å². The van der Waals surface area contributed by atoms with Crippen molar-refractivity contribution in [3.05, 3.63) is 0 Å². The average Bonchev–Trinajstić information content (AvgIpc) is 1.69. The van der Waals surface area contributed by atoms with Crippen molar-refractivity contribution in [2.24, 2.45) is 11.3 Å². The van der Waals surface area contributed by atoms with Gasteiger partial charge in [0.15, 0.2) is 0 Å². The molecule has 2 aliphatic heterocycles. The minimum Gasteiger partial charge on any atom is -0.380 e. The number of hydrogen-bond donors (Lipinski definition) is 0. The monoisotopic (exact) mass is 156 g/mol. The van der Waals surface area contributed by atoms with Gasteiger partial charge in [0, 0.05) is 26.4 Å². The predicted octanol–water partition coefficient (Wildman–Crippen LogP) is 0.975. The molecule has 1 spiro atoms. The van der Waals surface area contributed by atoms with Crippen molar-refractivity contribution in [2.45, 2.75) is 13.8 Å². The van der Waals surface area contributed by atoms with E-state index in [0.29, 0.717) is 5.41 Å². The first kappa shape index (κ1) is 6.44. The lowest BCUT2D eigenvalue weighted by Gasteiger charge is -2.55. The van der Waals surface area contributed by atoms with Crippen molar-refractivity contribution in [1.82, 2.24) is 4.90 Å². The van der Waals surface area contributed by atoms with Crippen molar-refractivity contribution in [2.75, 3.05) is 32.8 Å². The minimum atomic E-state index is -0.299. The lowest BCUT2D eigenvalue weighted by molar-refractivity contribution is -0.190. The van der Waals surface area contributed by atoms with Gasteiger partial charge in [0.25, 0.3) is 0 Å². The second-order valence-electron chi connectivity index (χ2n) is 4.35. The maximum absolute atomic E-state index is 7.73. The summed E-state index contributed by atoms with van der Waals surface area (Å²) in [7, 11) is 0. The SMILES string of the molecule is [2H]C(C)(C)CN1CC2(COC2)C1. The molecule has 2 saturated heterocycles. The van der Waals surface area contributed by atoms with Gasteiger partial charge in [0.1, 0.15) is 0 Å². The Balaban J connectivity index is 1.74. The molecule has 0 aromatic heterocycles. The molecule has 64 valence electrons. The molecule has 11 heavy (non-hydrogen) atoms. The van der Waals surface area contributed by atoms with Crippen LogP contribution in [-0.4, -0.2) is 37.7 Å². The molecular weight excluding hydrogens is 138 g/mol. The summed E-state index contributed by atoms with van der Waals surface area (Å²) in [5.41, 5.74) is 0.505. The normalized spacial score (nSPS) is 30.9. The summed E-state index contributed by atoms with van der Waals surface area (Å²) in [5, 5.41) is 0. The zero-order valence-electron chi connectivity index (χ0n) is 8.39. The van der Waals surface area contributed by atoms with Crippen LogP contribution in [0.4, 0.5) is 0 Å². The first-order valence-electron chi connectivity index (χ1n) is 4.79. The third-order valence-electron chi connectivity index (χ3n) is 2.47. The number of likely N-dealkylation sites (tertiary alicyclic amines) is 1. The molecule has 0 radical (unpaired) electrons. The van der Waals surface area contributed by atoms with Crippen molar-refractivity contribution >= 4 is 0 Å². The van der Waals surface area contributed by atoms with E-state index in [4.69, 9.17) is 6.11 Å². The highest BCUT2D eigenvalue weighted by Crippen LogP contribution is 2.37. The summed E-state index contributed by atoms with van der Waals surface area (Å²) in [6.07, 6.45) is 0. The molecule has 0 saturated carbocycles. The van der Waals surface area contributed by atoms with E-state index in [1.807, 2.05) is 13.8 Å². The first-order chi connectivity index (χ1) is 5.49. The largest absolute Gasteiger partial charge is 0.380 e. The number of nitrogens with zero attached hydrogens (tertiary/aromatic N) is 1. The molecule has 2 aliphatic rings. The Morgan fingerprint density at radius 1 is 1.55 bits per heavy atom. The third-order valence-corrected chi connectivity index (χ3v) is 2.47. The van der Waals surface area contributed by atoms with Crippen LogP contribution in [-0.2, 0) is 4.74 Å². The van der Waals surface area contributed by atoms with Crippen LogP contribution in [0.2, 0.25) is 0 Å². The number of rotatable bonds is 2. The van der Waals surface area contributed by atoms with Crippen LogP contribution < -0.4 is 0 Å². The molecule has 0 atom stereocenters. The van der Waals surface area contributed by atoms with Crippen molar-refractivity contribution in [3.8, 4) is 0 Å². The van der Waals surface area contributed by atoms with Crippen LogP contribution in [0, 0.1) is 11.3 Å². The van der Waals surface area contributed by atoms with E-state index >= 15 is 0 Å². The molecule has 2 heterocycles. The molecule has 0 unspecified atom stereocenters. The molecule has 2 nitrogen and oxygen atoms in total. The fraction of sp³-hybridized carbons (Fsp3) is 1.00. The fourth-order valence-electron chi connectivity index (χ4n) is 2.03. The van der Waals surface area contributed by atoms with E-state index in [9.17, 15) is 0 Å². The van der Waals surface area contributed by atoms with Gasteiger partial charge in [-0.25, -0.2) is 0 Å². The smallest absolute Gasteiger partial charge is 0.0569 e. The Morgan fingerprint density at radius 2 is 2.18 bits per heavy atom. The second kappa shape index (κ2) is 2.46. The second-order valence-corrected chi connectivity index (χ2v) is 4.35. The zero-order valence-corrected chi connectivity index (χ0v) is 7.39. The first-order valence-corrected chi connectivity index (χ1v) is 4.29. The van der Waals surface area contributed by atoms with E-state index in [1.165, 1.54) is 0 Å². The van der Waals surface area contributed by atoms with E-state index in [0.717, 1.165) is 32.8 Å². The summed E-state index contributed by atoms with van der Waals surface area (Å²) in [5.74, 6) is -0.299. The molecule has 2 heteroatoms. The van der Waals surface area contributed by atoms with Crippen molar-refractivity contribution < 1.29 is 6.11 Å². The Morgan fingerprint density at radius 3 is 2.55 bits per heavy atom. The maximum atomic E-state index is 7.73. The third kappa shape index (κ3) is 1.30. The Labute approximate surface area is 69.9 Å². The van der Waals surface area contributed by atoms with Gasteiger partial charge in [-0.3, -0.25) is 0 Å². The van der Waals surface area contributed by atoms with Gasteiger partial charge in [0.05, 0.1) is 13.2 Å². The molecule has 2 fully saturated rings. The molecule has 0 aliphatic carbocycles. The van der Waals surface area contributed by atoms with Gasteiger partial charge >= 0.3 is 0 Å². The highest BCUT2D eigenvalue weighted by atomic mass is 16.5. The number of hydrogen-bond acceptors (Lipinski definition) is 2. The highest BCUT2D eigenvalue weighted by Gasteiger charge is 2.48. The van der Waals surface area contributed by atoms with Crippen LogP contribution in [0.3, 0.4) is 0 Å². The van der Waals surface area contributed by atoms with Gasteiger partial charge in [-0.05, 0) is 5.89 Å². The van der Waals surface area contributed by atoms with Gasteiger partial charge in [-0.2, -0.15) is 0 Å². The molecule has 0 aromatic carbocycles. The average molecular weight is 156 g/mol. The number of ether oxygens (including phenoxy) is 1. The van der Waals surface area contributed by atoms with Crippen LogP contribution in [0.5, 0.6) is 0 Å². The van der Waals surface area contributed by atoms with E-state index in [1.54, 1.807) is 0 Å². The topological polar surface area (TPSA) is 12.5 Å². The Hall–Kier alpha value is -0.0800. The van der Waals surface area contributed by atoms with E-state index in [2.05, 4.69) is 4.90 Å². The molecule has 0 bridgehead atoms. The van der Waals surface area contributed by atoms with Crippen LogP contribution in [0.1, 0.15) is 15.2 Å². The lowest BCUT2D eigenvalue weighted by Crippen LogP contribution is -2.66. The van der Waals surface area contributed by atoms with Crippen LogP contribution in [0.15, 0.2) is 0 Å². The molecular formula is C9H17NO. The summed E-state index contributed by atoms with van der Waals surface area (Å²) < 4.78 is 12.9. The summed E-state index contributed by atoms with van der Waals surface area (Å²) >= 11 is 0. The summed E-state index contributed by atoms with van der Waals surface area (Å²) in [6, 6.07) is 0. The Bertz CT molecular complexity index is 175. The molecule has 2 rings (SSSR count). The molecule has 0 amide bonds. The van der Waals surface area contributed by atoms with Gasteiger partial charge in [0.2, 0.25) is 0 Å². The van der Waals surface area contributed by atoms with Gasteiger partial charge in [-0.15, -0.1) is 0 Å². The van der Waals surface area contributed by atoms with Crippen molar-refractivity contribution in [1.29, 1.82) is 0 Å². The quantitative estimate of drug-likeness (QED) is 0.591. The molecule has 0 aromatic rings. The zero-order chi connectivity index (χ0) is 8.82. The minimum absolute atomic E-state index is 0.299. The highest BCUT2D eigenvalue weighted by molar-refractivity contribution is 4.99. The fourth-order valence-corrected chi connectivity index (χ4v) is 2.03. The predicted molar refractivity (Wildman–Crippen MR) is 44.5 cm³/mol. The molecule has 0 N–H and O–H groups in total. The van der Waals surface area contributed by atoms with Crippen molar-refractivity contribution in [3.63, 3.8) is 0 Å². The lowest BCUT2D eigenvalue weighted by atomic mass is 9.78. The van der Waals surface area contributed by atoms with Crippen LogP contribution in [0.25, 0.3) is 0 Å². The van der Waals surface area contributed by atoms with Gasteiger partial charge in [-0.1, -0.05) is 13.8 Å². The van der Waals surface area contributed by atoms with Gasteiger partial charge < -0.3 is 9.64 Å². The standard InChI is InChI=1S/C9H17NO/c1-8(2)3-10-4-9(5-10)6-11-7-9/h8H,3-7H2,1-2H3/i8D. The van der Waals surface area contributed by atoms with E-state index in [-0.39, 0.29) is 5.89 Å². The summed E-state index contributed by atoms with van der Waals surface area (Å²) in [4.78, 5) is 2.36. The Kier molecular flexibility index (Phi) is 1.44.